The van der Waals surface area contributed by atoms with Gasteiger partial charge in [-0.15, -0.1) is 0 Å². The molecule has 1 rings (SSSR count). The predicted octanol–water partition coefficient (Wildman–Crippen LogP) is 1.21. The van der Waals surface area contributed by atoms with Crippen molar-refractivity contribution in [1.82, 2.24) is 10.2 Å². The topological polar surface area (TPSA) is 58.4 Å². The fourth-order valence-electron chi connectivity index (χ4n) is 3.50. The molecule has 1 amide bonds. The van der Waals surface area contributed by atoms with E-state index in [2.05, 4.69) is 31.0 Å². The van der Waals surface area contributed by atoms with Crippen LogP contribution in [0.5, 0.6) is 0 Å². The minimum atomic E-state index is -0.517. The van der Waals surface area contributed by atoms with Crippen molar-refractivity contribution in [2.45, 2.75) is 45.6 Å². The van der Waals surface area contributed by atoms with E-state index in [1.54, 1.807) is 0 Å². The Hall–Kier alpha value is -0.610. The lowest BCUT2D eigenvalue weighted by molar-refractivity contribution is -0.128. The SMILES string of the molecule is CC1CC(C)(C)CC(NCCN(C)C)(C(N)=O)C1. The summed E-state index contributed by atoms with van der Waals surface area (Å²) in [4.78, 5) is 14.0. The molecule has 0 aliphatic heterocycles. The molecule has 0 bridgehead atoms. The second kappa shape index (κ2) is 5.57. The van der Waals surface area contributed by atoms with E-state index in [0.29, 0.717) is 5.92 Å². The van der Waals surface area contributed by atoms with E-state index in [1.165, 1.54) is 0 Å². The fraction of sp³-hybridized carbons (Fsp3) is 0.929. The van der Waals surface area contributed by atoms with Gasteiger partial charge in [-0.3, -0.25) is 4.79 Å². The van der Waals surface area contributed by atoms with E-state index >= 15 is 0 Å². The van der Waals surface area contributed by atoms with Crippen LogP contribution in [-0.2, 0) is 4.79 Å². The number of nitrogens with two attached hydrogens (primary N) is 1. The van der Waals surface area contributed by atoms with E-state index in [9.17, 15) is 4.79 Å². The Kier molecular flexibility index (Phi) is 4.78. The van der Waals surface area contributed by atoms with Crippen molar-refractivity contribution in [2.75, 3.05) is 27.2 Å². The number of rotatable bonds is 5. The van der Waals surface area contributed by atoms with Gasteiger partial charge >= 0.3 is 0 Å². The molecule has 4 heteroatoms. The van der Waals surface area contributed by atoms with Crippen molar-refractivity contribution in [2.24, 2.45) is 17.1 Å². The molecule has 0 aromatic heterocycles. The van der Waals surface area contributed by atoms with Crippen molar-refractivity contribution in [3.05, 3.63) is 0 Å². The van der Waals surface area contributed by atoms with Gasteiger partial charge in [-0.05, 0) is 44.7 Å². The fourth-order valence-corrected chi connectivity index (χ4v) is 3.50. The van der Waals surface area contributed by atoms with Crippen molar-refractivity contribution in [3.8, 4) is 0 Å². The lowest BCUT2D eigenvalue weighted by atomic mass is 9.64. The highest BCUT2D eigenvalue weighted by Crippen LogP contribution is 2.43. The van der Waals surface area contributed by atoms with E-state index in [1.807, 2.05) is 14.1 Å². The molecule has 2 unspecified atom stereocenters. The summed E-state index contributed by atoms with van der Waals surface area (Å²) in [5, 5.41) is 3.44. The quantitative estimate of drug-likeness (QED) is 0.776. The van der Waals surface area contributed by atoms with Crippen LogP contribution in [0.4, 0.5) is 0 Å². The Morgan fingerprint density at radius 3 is 2.44 bits per heavy atom. The van der Waals surface area contributed by atoms with Crippen LogP contribution < -0.4 is 11.1 Å². The van der Waals surface area contributed by atoms with Gasteiger partial charge < -0.3 is 16.0 Å². The summed E-state index contributed by atoms with van der Waals surface area (Å²) in [6.45, 7) is 8.40. The number of hydrogen-bond donors (Lipinski definition) is 2. The number of carbonyl (C=O) groups is 1. The second-order valence-electron chi connectivity index (χ2n) is 7.03. The molecule has 0 spiro atoms. The molecule has 1 saturated carbocycles. The van der Waals surface area contributed by atoms with Gasteiger partial charge in [-0.25, -0.2) is 0 Å². The van der Waals surface area contributed by atoms with Gasteiger partial charge in [0.25, 0.3) is 0 Å². The molecule has 0 radical (unpaired) electrons. The predicted molar refractivity (Wildman–Crippen MR) is 75.3 cm³/mol. The third-order valence-corrected chi connectivity index (χ3v) is 3.87. The molecule has 0 saturated heterocycles. The zero-order valence-electron chi connectivity index (χ0n) is 12.5. The maximum Gasteiger partial charge on any atom is 0.237 e. The number of nitrogens with one attached hydrogen (secondary N) is 1. The van der Waals surface area contributed by atoms with Gasteiger partial charge in [-0.2, -0.15) is 0 Å². The second-order valence-corrected chi connectivity index (χ2v) is 7.03. The van der Waals surface area contributed by atoms with Crippen molar-refractivity contribution >= 4 is 5.91 Å². The van der Waals surface area contributed by atoms with Crippen LogP contribution in [0.2, 0.25) is 0 Å². The van der Waals surface area contributed by atoms with Crippen molar-refractivity contribution in [3.63, 3.8) is 0 Å². The number of carbonyl (C=O) groups excluding carboxylic acids is 1. The zero-order valence-corrected chi connectivity index (χ0v) is 12.5. The molecular formula is C14H29N3O. The number of amides is 1. The van der Waals surface area contributed by atoms with Crippen LogP contribution in [0.3, 0.4) is 0 Å². The lowest BCUT2D eigenvalue weighted by Gasteiger charge is -2.46. The maximum absolute atomic E-state index is 11.9. The highest BCUT2D eigenvalue weighted by Gasteiger charge is 2.46. The molecule has 3 N–H and O–H groups in total. The molecule has 106 valence electrons. The first-order chi connectivity index (χ1) is 8.17. The Bertz CT molecular complexity index is 301. The van der Waals surface area contributed by atoms with Gasteiger partial charge in [0, 0.05) is 13.1 Å². The molecule has 1 aliphatic carbocycles. The molecular weight excluding hydrogens is 226 g/mol. The molecule has 0 aromatic rings. The van der Waals surface area contributed by atoms with E-state index in [-0.39, 0.29) is 11.3 Å². The Labute approximate surface area is 111 Å². The molecule has 2 atom stereocenters. The number of hydrogen-bond acceptors (Lipinski definition) is 3. The zero-order chi connectivity index (χ0) is 14.0. The van der Waals surface area contributed by atoms with Gasteiger partial charge in [0.1, 0.15) is 0 Å². The number of nitrogens with zero attached hydrogens (tertiary/aromatic N) is 1. The monoisotopic (exact) mass is 255 g/mol. The highest BCUT2D eigenvalue weighted by molar-refractivity contribution is 5.85. The summed E-state index contributed by atoms with van der Waals surface area (Å²) in [5.74, 6) is 0.342. The van der Waals surface area contributed by atoms with Crippen molar-refractivity contribution < 1.29 is 4.79 Å². The molecule has 1 fully saturated rings. The molecule has 4 nitrogen and oxygen atoms in total. The number of primary amides is 1. The normalized spacial score (nSPS) is 31.6. The van der Waals surface area contributed by atoms with Gasteiger partial charge in [0.15, 0.2) is 0 Å². The minimum absolute atomic E-state index is 0.178. The molecule has 0 aromatic carbocycles. The summed E-state index contributed by atoms with van der Waals surface area (Å²) in [5.41, 5.74) is 5.35. The standard InChI is InChI=1S/C14H29N3O/c1-11-8-13(2,3)10-14(9-11,12(15)18)16-6-7-17(4)5/h11,16H,6-10H2,1-5H3,(H2,15,18). The van der Waals surface area contributed by atoms with Gasteiger partial charge in [0.2, 0.25) is 5.91 Å². The van der Waals surface area contributed by atoms with E-state index in [0.717, 1.165) is 32.4 Å². The van der Waals surface area contributed by atoms with Crippen LogP contribution in [0.1, 0.15) is 40.0 Å². The van der Waals surface area contributed by atoms with Gasteiger partial charge in [-0.1, -0.05) is 20.8 Å². The summed E-state index contributed by atoms with van der Waals surface area (Å²) >= 11 is 0. The molecule has 0 heterocycles. The summed E-state index contributed by atoms with van der Waals surface area (Å²) in [6.07, 6.45) is 2.86. The maximum atomic E-state index is 11.9. The first-order valence-electron chi connectivity index (χ1n) is 6.87. The third kappa shape index (κ3) is 3.95. The van der Waals surface area contributed by atoms with E-state index < -0.39 is 5.54 Å². The van der Waals surface area contributed by atoms with Crippen LogP contribution >= 0.6 is 0 Å². The summed E-state index contributed by atoms with van der Waals surface area (Å²) < 4.78 is 0. The Morgan fingerprint density at radius 2 is 2.00 bits per heavy atom. The van der Waals surface area contributed by atoms with Crippen LogP contribution in [0.25, 0.3) is 0 Å². The Morgan fingerprint density at radius 1 is 1.39 bits per heavy atom. The average Bonchev–Trinajstić information content (AvgIpc) is 2.12. The summed E-state index contributed by atoms with van der Waals surface area (Å²) in [6, 6.07) is 0. The third-order valence-electron chi connectivity index (χ3n) is 3.87. The summed E-state index contributed by atoms with van der Waals surface area (Å²) in [7, 11) is 4.07. The lowest BCUT2D eigenvalue weighted by Crippen LogP contribution is -2.61. The van der Waals surface area contributed by atoms with Gasteiger partial charge in [0.05, 0.1) is 5.54 Å². The average molecular weight is 255 g/mol. The first kappa shape index (κ1) is 15.4. The van der Waals surface area contributed by atoms with Crippen LogP contribution in [-0.4, -0.2) is 43.5 Å². The smallest absolute Gasteiger partial charge is 0.237 e. The molecule has 1 aliphatic rings. The van der Waals surface area contributed by atoms with Crippen LogP contribution in [0.15, 0.2) is 0 Å². The number of likely N-dealkylation sites (N-methyl/N-ethyl adjacent to an activating group) is 1. The van der Waals surface area contributed by atoms with Crippen molar-refractivity contribution in [1.29, 1.82) is 0 Å². The van der Waals surface area contributed by atoms with Crippen LogP contribution in [0, 0.1) is 11.3 Å². The Balaban J connectivity index is 2.76. The largest absolute Gasteiger partial charge is 0.368 e. The minimum Gasteiger partial charge on any atom is -0.368 e. The van der Waals surface area contributed by atoms with E-state index in [4.69, 9.17) is 5.73 Å². The molecule has 18 heavy (non-hydrogen) atoms. The highest BCUT2D eigenvalue weighted by atomic mass is 16.1. The first-order valence-corrected chi connectivity index (χ1v) is 6.87.